The van der Waals surface area contributed by atoms with Gasteiger partial charge in [0.05, 0.1) is 16.6 Å². The van der Waals surface area contributed by atoms with Crippen LogP contribution in [0.5, 0.6) is 0 Å². The van der Waals surface area contributed by atoms with Crippen molar-refractivity contribution in [3.63, 3.8) is 0 Å². The minimum atomic E-state index is 0.752. The second-order valence-corrected chi connectivity index (χ2v) is 7.41. The van der Waals surface area contributed by atoms with Crippen molar-refractivity contribution in [3.8, 4) is 11.6 Å². The molecule has 0 spiro atoms. The number of rotatable bonds is 2. The Bertz CT molecular complexity index is 1640. The van der Waals surface area contributed by atoms with Crippen molar-refractivity contribution in [1.82, 2.24) is 39.0 Å². The highest BCUT2D eigenvalue weighted by molar-refractivity contribution is 6.21. The van der Waals surface area contributed by atoms with Crippen molar-refractivity contribution in [2.75, 3.05) is 0 Å². The fourth-order valence-electron chi connectivity index (χ4n) is 4.50. The average Bonchev–Trinajstić information content (AvgIpc) is 3.38. The average molecular weight is 414 g/mol. The molecule has 0 radical (unpaired) electrons. The molecule has 150 valence electrons. The van der Waals surface area contributed by atoms with Crippen LogP contribution >= 0.6 is 0 Å². The largest absolute Gasteiger partial charge is 0.291 e. The van der Waals surface area contributed by atoms with E-state index in [1.54, 1.807) is 31.2 Å². The second kappa shape index (κ2) is 6.39. The molecule has 8 heteroatoms. The van der Waals surface area contributed by atoms with Gasteiger partial charge in [-0.1, -0.05) is 18.2 Å². The zero-order valence-corrected chi connectivity index (χ0v) is 16.7. The number of nitrogens with zero attached hydrogens (tertiary/aromatic N) is 8. The molecular weight excluding hydrogens is 400 g/mol. The van der Waals surface area contributed by atoms with E-state index in [9.17, 15) is 0 Å². The van der Waals surface area contributed by atoms with Crippen LogP contribution in [0.1, 0.15) is 0 Å². The molecule has 7 rings (SSSR count). The van der Waals surface area contributed by atoms with E-state index in [0.717, 1.165) is 55.5 Å². The molecule has 0 aliphatic heterocycles. The lowest BCUT2D eigenvalue weighted by Gasteiger charge is -2.10. The Kier molecular flexibility index (Phi) is 3.40. The smallest absolute Gasteiger partial charge is 0.141 e. The highest BCUT2D eigenvalue weighted by Crippen LogP contribution is 2.39. The molecule has 0 saturated heterocycles. The first-order valence-electron chi connectivity index (χ1n) is 10.1. The summed E-state index contributed by atoms with van der Waals surface area (Å²) in [7, 11) is 0. The fourth-order valence-corrected chi connectivity index (χ4v) is 4.50. The van der Waals surface area contributed by atoms with Gasteiger partial charge in [0.1, 0.15) is 40.8 Å². The number of para-hydroxylation sites is 1. The van der Waals surface area contributed by atoms with E-state index in [1.165, 1.54) is 0 Å². The maximum atomic E-state index is 4.87. The van der Waals surface area contributed by atoms with Gasteiger partial charge in [0.25, 0.3) is 0 Å². The zero-order valence-electron chi connectivity index (χ0n) is 16.7. The molecule has 0 aliphatic rings. The molecule has 0 amide bonds. The maximum absolute atomic E-state index is 4.87. The first kappa shape index (κ1) is 17.0. The standard InChI is InChI=1S/C24H14N8/c1-2-5-17-15(4-1)16-12-28-22-21-18(6-3-9-27-21)32(20-8-11-26-14-30-20)24(22)23(16)31(17)19-7-10-25-13-29-19/h1-14H. The Hall–Kier alpha value is -4.72. The second-order valence-electron chi connectivity index (χ2n) is 7.41. The molecule has 8 nitrogen and oxygen atoms in total. The van der Waals surface area contributed by atoms with E-state index < -0.39 is 0 Å². The van der Waals surface area contributed by atoms with E-state index in [0.29, 0.717) is 0 Å². The minimum absolute atomic E-state index is 0.752. The summed E-state index contributed by atoms with van der Waals surface area (Å²) < 4.78 is 4.26. The van der Waals surface area contributed by atoms with Gasteiger partial charge in [0.2, 0.25) is 0 Å². The molecule has 32 heavy (non-hydrogen) atoms. The summed E-state index contributed by atoms with van der Waals surface area (Å²) in [5.41, 5.74) is 5.52. The third-order valence-electron chi connectivity index (χ3n) is 5.75. The Labute approximate surface area is 180 Å². The van der Waals surface area contributed by atoms with Gasteiger partial charge in [-0.25, -0.2) is 19.9 Å². The Balaban J connectivity index is 1.81. The summed E-state index contributed by atoms with van der Waals surface area (Å²) in [6.07, 6.45) is 10.3. The topological polar surface area (TPSA) is 87.2 Å². The molecule has 0 fully saturated rings. The highest BCUT2D eigenvalue weighted by atomic mass is 15.1. The van der Waals surface area contributed by atoms with Gasteiger partial charge in [-0.05, 0) is 30.3 Å². The van der Waals surface area contributed by atoms with Gasteiger partial charge in [0.15, 0.2) is 0 Å². The molecule has 0 atom stereocenters. The maximum Gasteiger partial charge on any atom is 0.141 e. The lowest BCUT2D eigenvalue weighted by atomic mass is 10.2. The molecule has 0 unspecified atom stereocenters. The first-order valence-corrected chi connectivity index (χ1v) is 10.1. The summed E-state index contributed by atoms with van der Waals surface area (Å²) in [6, 6.07) is 16.0. The first-order chi connectivity index (χ1) is 15.9. The van der Waals surface area contributed by atoms with Crippen molar-refractivity contribution >= 4 is 43.9 Å². The van der Waals surface area contributed by atoms with Crippen molar-refractivity contribution in [3.05, 3.63) is 86.0 Å². The van der Waals surface area contributed by atoms with Gasteiger partial charge in [-0.3, -0.25) is 19.1 Å². The van der Waals surface area contributed by atoms with E-state index in [1.807, 2.05) is 42.6 Å². The number of aromatic nitrogens is 8. The number of pyridine rings is 2. The summed E-state index contributed by atoms with van der Waals surface area (Å²) in [5, 5.41) is 2.13. The van der Waals surface area contributed by atoms with Gasteiger partial charge in [-0.2, -0.15) is 0 Å². The summed E-state index contributed by atoms with van der Waals surface area (Å²) >= 11 is 0. The predicted octanol–water partition coefficient (Wildman–Crippen LogP) is 4.25. The summed E-state index contributed by atoms with van der Waals surface area (Å²) in [5.74, 6) is 1.54. The van der Waals surface area contributed by atoms with Gasteiger partial charge in [0, 0.05) is 35.6 Å². The molecule has 6 heterocycles. The van der Waals surface area contributed by atoms with Crippen LogP contribution in [0.25, 0.3) is 55.5 Å². The van der Waals surface area contributed by atoms with Crippen LogP contribution in [0.3, 0.4) is 0 Å². The Morgan fingerprint density at radius 1 is 0.531 bits per heavy atom. The number of fused-ring (bicyclic) bond motifs is 7. The quantitative estimate of drug-likeness (QED) is 0.420. The van der Waals surface area contributed by atoms with Crippen LogP contribution in [-0.2, 0) is 0 Å². The van der Waals surface area contributed by atoms with E-state index in [4.69, 9.17) is 4.98 Å². The summed E-state index contributed by atoms with van der Waals surface area (Å²) in [4.78, 5) is 26.8. The predicted molar refractivity (Wildman–Crippen MR) is 122 cm³/mol. The van der Waals surface area contributed by atoms with E-state index in [2.05, 4.69) is 46.2 Å². The van der Waals surface area contributed by atoms with E-state index in [-0.39, 0.29) is 0 Å². The van der Waals surface area contributed by atoms with Crippen molar-refractivity contribution in [1.29, 1.82) is 0 Å². The van der Waals surface area contributed by atoms with Gasteiger partial charge >= 0.3 is 0 Å². The van der Waals surface area contributed by atoms with E-state index >= 15 is 0 Å². The van der Waals surface area contributed by atoms with Crippen LogP contribution in [0.15, 0.2) is 86.0 Å². The van der Waals surface area contributed by atoms with Crippen molar-refractivity contribution < 1.29 is 0 Å². The zero-order chi connectivity index (χ0) is 21.1. The normalized spacial score (nSPS) is 11.8. The molecule has 0 N–H and O–H groups in total. The van der Waals surface area contributed by atoms with Crippen molar-refractivity contribution in [2.45, 2.75) is 0 Å². The fraction of sp³-hybridized carbons (Fsp3) is 0. The molecule has 7 aromatic rings. The highest BCUT2D eigenvalue weighted by Gasteiger charge is 2.23. The van der Waals surface area contributed by atoms with Crippen LogP contribution in [-0.4, -0.2) is 39.0 Å². The molecule has 0 aliphatic carbocycles. The molecule has 1 aromatic carbocycles. The number of hydrogen-bond donors (Lipinski definition) is 0. The monoisotopic (exact) mass is 414 g/mol. The molecular formula is C24H14N8. The molecule has 0 saturated carbocycles. The minimum Gasteiger partial charge on any atom is -0.291 e. The van der Waals surface area contributed by atoms with Crippen LogP contribution < -0.4 is 0 Å². The third-order valence-corrected chi connectivity index (χ3v) is 5.75. The SMILES string of the molecule is c1ccc2c(c1)c1cnc3c4ncccc4n(-c4ccncn4)c3c1n2-c1ccncn1. The summed E-state index contributed by atoms with van der Waals surface area (Å²) in [6.45, 7) is 0. The van der Waals surface area contributed by atoms with Gasteiger partial charge in [-0.15, -0.1) is 0 Å². The van der Waals surface area contributed by atoms with Crippen LogP contribution in [0.4, 0.5) is 0 Å². The lowest BCUT2D eigenvalue weighted by Crippen LogP contribution is -2.02. The third kappa shape index (κ3) is 2.20. The number of benzene rings is 1. The van der Waals surface area contributed by atoms with Gasteiger partial charge < -0.3 is 0 Å². The lowest BCUT2D eigenvalue weighted by molar-refractivity contribution is 1.02. The number of hydrogen-bond acceptors (Lipinski definition) is 6. The van der Waals surface area contributed by atoms with Crippen molar-refractivity contribution in [2.24, 2.45) is 0 Å². The molecule has 6 aromatic heterocycles. The van der Waals surface area contributed by atoms with Crippen LogP contribution in [0, 0.1) is 0 Å². The Morgan fingerprint density at radius 2 is 1.25 bits per heavy atom. The van der Waals surface area contributed by atoms with Crippen LogP contribution in [0.2, 0.25) is 0 Å². The molecule has 0 bridgehead atoms. The Morgan fingerprint density at radius 3 is 2.00 bits per heavy atom.